The first-order valence-electron chi connectivity index (χ1n) is 10.4. The lowest BCUT2D eigenvalue weighted by molar-refractivity contribution is 0.0392. The van der Waals surface area contributed by atoms with Gasteiger partial charge in [-0.25, -0.2) is 0 Å². The Kier molecular flexibility index (Phi) is 5.86. The lowest BCUT2D eigenvalue weighted by atomic mass is 9.95. The van der Waals surface area contributed by atoms with Gasteiger partial charge in [0.1, 0.15) is 5.75 Å². The first kappa shape index (κ1) is 20.2. The second kappa shape index (κ2) is 8.71. The highest BCUT2D eigenvalue weighted by molar-refractivity contribution is 5.95. The predicted molar refractivity (Wildman–Crippen MR) is 118 cm³/mol. The number of dihydropyridines is 1. The molecule has 2 N–H and O–H groups in total. The number of hydrogen-bond acceptors (Lipinski definition) is 5. The number of pyridine rings is 1. The molecule has 1 atom stereocenters. The fourth-order valence-corrected chi connectivity index (χ4v) is 3.98. The van der Waals surface area contributed by atoms with Crippen molar-refractivity contribution in [3.63, 3.8) is 0 Å². The molecule has 1 fully saturated rings. The summed E-state index contributed by atoms with van der Waals surface area (Å²) in [7, 11) is 1.62. The number of allylic oxidation sites excluding steroid dienone is 2. The number of piperidine rings is 1. The molecule has 0 aliphatic carbocycles. The minimum atomic E-state index is -0.787. The van der Waals surface area contributed by atoms with Crippen LogP contribution in [-0.2, 0) is 0 Å². The van der Waals surface area contributed by atoms with Crippen LogP contribution in [0.4, 0.5) is 0 Å². The van der Waals surface area contributed by atoms with Gasteiger partial charge in [-0.05, 0) is 78.4 Å². The highest BCUT2D eigenvalue weighted by atomic mass is 16.5. The van der Waals surface area contributed by atoms with Crippen LogP contribution in [0.3, 0.4) is 0 Å². The molecule has 2 aromatic rings. The van der Waals surface area contributed by atoms with E-state index in [0.717, 1.165) is 42.8 Å². The molecule has 6 heteroatoms. The van der Waals surface area contributed by atoms with Gasteiger partial charge < -0.3 is 15.4 Å². The van der Waals surface area contributed by atoms with Gasteiger partial charge in [-0.2, -0.15) is 0 Å². The minimum Gasteiger partial charge on any atom is -0.497 e. The summed E-state index contributed by atoms with van der Waals surface area (Å²) in [4.78, 5) is 19.6. The number of benzene rings is 1. The number of rotatable bonds is 5. The molecule has 1 aromatic heterocycles. The van der Waals surface area contributed by atoms with Crippen LogP contribution in [-0.4, -0.2) is 41.8 Å². The van der Waals surface area contributed by atoms with Gasteiger partial charge in [0.25, 0.3) is 5.91 Å². The maximum Gasteiger partial charge on any atom is 0.254 e. The third kappa shape index (κ3) is 4.24. The quantitative estimate of drug-likeness (QED) is 0.800. The lowest BCUT2D eigenvalue weighted by Crippen LogP contribution is -2.68. The van der Waals surface area contributed by atoms with Crippen molar-refractivity contribution in [1.82, 2.24) is 20.5 Å². The van der Waals surface area contributed by atoms with Gasteiger partial charge >= 0.3 is 0 Å². The van der Waals surface area contributed by atoms with Gasteiger partial charge in [0.05, 0.1) is 7.11 Å². The van der Waals surface area contributed by atoms with Crippen LogP contribution in [0.5, 0.6) is 5.75 Å². The van der Waals surface area contributed by atoms with Crippen molar-refractivity contribution in [3.8, 4) is 5.75 Å². The molecule has 6 nitrogen and oxygen atoms in total. The maximum absolute atomic E-state index is 13.2. The molecular weight excluding hydrogens is 376 g/mol. The SMILES string of the molecule is COc1ccc(C(=O)NC2(N3CCC(C)CC3)C=C(c3ccncc3)C=CN2)cc1. The Morgan fingerprint density at radius 2 is 1.87 bits per heavy atom. The predicted octanol–water partition coefficient (Wildman–Crippen LogP) is 3.41. The molecule has 1 saturated heterocycles. The molecule has 4 rings (SSSR count). The van der Waals surface area contributed by atoms with Gasteiger partial charge in [-0.3, -0.25) is 14.7 Å². The highest BCUT2D eigenvalue weighted by Gasteiger charge is 2.39. The molecule has 2 aliphatic heterocycles. The van der Waals surface area contributed by atoms with Crippen LogP contribution in [0.25, 0.3) is 5.57 Å². The molecular formula is C24H28N4O2. The van der Waals surface area contributed by atoms with Crippen molar-refractivity contribution in [2.75, 3.05) is 20.2 Å². The van der Waals surface area contributed by atoms with Crippen molar-refractivity contribution in [2.24, 2.45) is 5.92 Å². The fourth-order valence-electron chi connectivity index (χ4n) is 3.98. The number of likely N-dealkylation sites (tertiary alicyclic amines) is 1. The summed E-state index contributed by atoms with van der Waals surface area (Å²) in [6.07, 6.45) is 11.8. The average Bonchev–Trinajstić information content (AvgIpc) is 2.80. The van der Waals surface area contributed by atoms with Crippen LogP contribution in [0.2, 0.25) is 0 Å². The minimum absolute atomic E-state index is 0.135. The number of methoxy groups -OCH3 is 1. The zero-order valence-electron chi connectivity index (χ0n) is 17.5. The molecule has 1 aromatic carbocycles. The maximum atomic E-state index is 13.2. The number of aromatic nitrogens is 1. The second-order valence-corrected chi connectivity index (χ2v) is 7.93. The number of ether oxygens (including phenoxy) is 1. The van der Waals surface area contributed by atoms with E-state index < -0.39 is 5.79 Å². The van der Waals surface area contributed by atoms with E-state index in [0.29, 0.717) is 11.5 Å². The van der Waals surface area contributed by atoms with E-state index in [2.05, 4.69) is 33.5 Å². The van der Waals surface area contributed by atoms with Crippen LogP contribution in [0.1, 0.15) is 35.7 Å². The molecule has 1 amide bonds. The van der Waals surface area contributed by atoms with Crippen molar-refractivity contribution in [1.29, 1.82) is 0 Å². The Morgan fingerprint density at radius 1 is 1.17 bits per heavy atom. The van der Waals surface area contributed by atoms with E-state index >= 15 is 0 Å². The Labute approximate surface area is 177 Å². The number of hydrogen-bond donors (Lipinski definition) is 2. The standard InChI is InChI=1S/C24H28N4O2/c1-18-10-15-28(16-11-18)24(27-23(29)20-3-5-22(30-2)6-4-20)17-21(9-14-26-24)19-7-12-25-13-8-19/h3-9,12-14,17-18,26H,10-11,15-16H2,1-2H3,(H,27,29). The van der Waals surface area contributed by atoms with Gasteiger partial charge in [-0.1, -0.05) is 6.92 Å². The molecule has 0 spiro atoms. The Hall–Kier alpha value is -3.12. The van der Waals surface area contributed by atoms with Crippen molar-refractivity contribution < 1.29 is 9.53 Å². The summed E-state index contributed by atoms with van der Waals surface area (Å²) < 4.78 is 5.21. The Balaban J connectivity index is 1.66. The highest BCUT2D eigenvalue weighted by Crippen LogP contribution is 2.28. The van der Waals surface area contributed by atoms with Gasteiger partial charge in [-0.15, -0.1) is 0 Å². The molecule has 3 heterocycles. The summed E-state index contributed by atoms with van der Waals surface area (Å²) in [5.41, 5.74) is 2.71. The monoisotopic (exact) mass is 404 g/mol. The van der Waals surface area contributed by atoms with E-state index in [-0.39, 0.29) is 5.91 Å². The molecule has 0 saturated carbocycles. The van der Waals surface area contributed by atoms with Gasteiger partial charge in [0.15, 0.2) is 5.79 Å². The Morgan fingerprint density at radius 3 is 2.53 bits per heavy atom. The third-order valence-electron chi connectivity index (χ3n) is 5.88. The molecule has 0 radical (unpaired) electrons. The van der Waals surface area contributed by atoms with E-state index in [4.69, 9.17) is 4.74 Å². The second-order valence-electron chi connectivity index (χ2n) is 7.93. The largest absolute Gasteiger partial charge is 0.497 e. The van der Waals surface area contributed by atoms with E-state index in [1.54, 1.807) is 43.8 Å². The van der Waals surface area contributed by atoms with E-state index in [9.17, 15) is 4.79 Å². The first-order valence-corrected chi connectivity index (χ1v) is 10.4. The smallest absolute Gasteiger partial charge is 0.254 e. The van der Waals surface area contributed by atoms with Crippen LogP contribution in [0.15, 0.2) is 67.1 Å². The molecule has 0 bridgehead atoms. The van der Waals surface area contributed by atoms with Crippen molar-refractivity contribution >= 4 is 11.5 Å². The summed E-state index contributed by atoms with van der Waals surface area (Å²) in [5, 5.41) is 6.70. The summed E-state index contributed by atoms with van der Waals surface area (Å²) in [6, 6.07) is 11.1. The van der Waals surface area contributed by atoms with Gasteiger partial charge in [0, 0.05) is 37.2 Å². The number of nitrogens with one attached hydrogen (secondary N) is 2. The summed E-state index contributed by atoms with van der Waals surface area (Å²) >= 11 is 0. The van der Waals surface area contributed by atoms with Gasteiger partial charge in [0.2, 0.25) is 0 Å². The molecule has 2 aliphatic rings. The summed E-state index contributed by atoms with van der Waals surface area (Å²) in [6.45, 7) is 4.10. The Bertz CT molecular complexity index is 931. The van der Waals surface area contributed by atoms with Crippen LogP contribution < -0.4 is 15.4 Å². The van der Waals surface area contributed by atoms with Crippen LogP contribution >= 0.6 is 0 Å². The average molecular weight is 405 g/mol. The van der Waals surface area contributed by atoms with E-state index in [1.807, 2.05) is 24.4 Å². The third-order valence-corrected chi connectivity index (χ3v) is 5.88. The number of nitrogens with zero attached hydrogens (tertiary/aromatic N) is 2. The number of carbonyl (C=O) groups excluding carboxylic acids is 1. The van der Waals surface area contributed by atoms with Crippen molar-refractivity contribution in [3.05, 3.63) is 78.3 Å². The van der Waals surface area contributed by atoms with Crippen molar-refractivity contribution in [2.45, 2.75) is 25.6 Å². The van der Waals surface area contributed by atoms with Crippen LogP contribution in [0, 0.1) is 5.92 Å². The molecule has 30 heavy (non-hydrogen) atoms. The topological polar surface area (TPSA) is 66.5 Å². The fraction of sp³-hybridized carbons (Fsp3) is 0.333. The summed E-state index contributed by atoms with van der Waals surface area (Å²) in [5.74, 6) is 0.498. The lowest BCUT2D eigenvalue weighted by Gasteiger charge is -2.46. The molecule has 156 valence electrons. The zero-order valence-corrected chi connectivity index (χ0v) is 17.5. The number of amides is 1. The first-order chi connectivity index (χ1) is 14.6. The molecule has 1 unspecified atom stereocenters. The number of carbonyl (C=O) groups is 1. The normalized spacial score (nSPS) is 22.1. The zero-order chi connectivity index (χ0) is 21.0. The van der Waals surface area contributed by atoms with E-state index in [1.165, 1.54) is 0 Å².